The summed E-state index contributed by atoms with van der Waals surface area (Å²) in [6.45, 7) is 0.731. The Morgan fingerprint density at radius 2 is 2.14 bits per heavy atom. The van der Waals surface area contributed by atoms with Crippen LogP contribution in [0.1, 0.15) is 30.9 Å². The number of nitrogens with one attached hydrogen (secondary N) is 2. The predicted molar refractivity (Wildman–Crippen MR) is 86.7 cm³/mol. The maximum absolute atomic E-state index is 12.2. The zero-order chi connectivity index (χ0) is 14.9. The van der Waals surface area contributed by atoms with Crippen molar-refractivity contribution in [1.82, 2.24) is 15.5 Å². The lowest BCUT2D eigenvalue weighted by atomic mass is 10.0. The molecule has 1 aliphatic carbocycles. The Morgan fingerprint density at radius 3 is 2.86 bits per heavy atom. The van der Waals surface area contributed by atoms with E-state index in [1.54, 1.807) is 0 Å². The van der Waals surface area contributed by atoms with Gasteiger partial charge >= 0.3 is 6.03 Å². The van der Waals surface area contributed by atoms with Crippen molar-refractivity contribution in [3.8, 4) is 0 Å². The van der Waals surface area contributed by atoms with Gasteiger partial charge in [-0.1, -0.05) is 18.2 Å². The fourth-order valence-electron chi connectivity index (χ4n) is 2.87. The Kier molecular flexibility index (Phi) is 4.13. The second-order valence-corrected chi connectivity index (χ2v) is 7.31. The van der Waals surface area contributed by atoms with Crippen molar-refractivity contribution < 1.29 is 4.79 Å². The van der Waals surface area contributed by atoms with Crippen molar-refractivity contribution in [2.75, 3.05) is 26.4 Å². The van der Waals surface area contributed by atoms with Crippen LogP contribution in [0.5, 0.6) is 0 Å². The first-order chi connectivity index (χ1) is 10.1. The molecule has 1 saturated carbocycles. The molecule has 1 aliphatic heterocycles. The number of hydrogen-bond donors (Lipinski definition) is 2. The van der Waals surface area contributed by atoms with Crippen molar-refractivity contribution in [2.24, 2.45) is 0 Å². The summed E-state index contributed by atoms with van der Waals surface area (Å²) in [5, 5.41) is 6.18. The van der Waals surface area contributed by atoms with Gasteiger partial charge in [0.15, 0.2) is 0 Å². The van der Waals surface area contributed by atoms with Gasteiger partial charge in [0.25, 0.3) is 0 Å². The number of likely N-dealkylation sites (N-methyl/N-ethyl adjacent to an activating group) is 1. The molecule has 3 rings (SSSR count). The fourth-order valence-corrected chi connectivity index (χ4v) is 4.00. The number of urea groups is 1. The van der Waals surface area contributed by atoms with Crippen molar-refractivity contribution in [1.29, 1.82) is 0 Å². The molecule has 1 aromatic rings. The summed E-state index contributed by atoms with van der Waals surface area (Å²) in [5.74, 6) is 1.06. The summed E-state index contributed by atoms with van der Waals surface area (Å²) in [5.41, 5.74) is 1.44. The Hall–Kier alpha value is -1.20. The minimum absolute atomic E-state index is 0.0465. The summed E-state index contributed by atoms with van der Waals surface area (Å²) >= 11 is 1.87. The Labute approximate surface area is 130 Å². The number of amides is 2. The quantitative estimate of drug-likeness (QED) is 0.899. The second-order valence-electron chi connectivity index (χ2n) is 6.17. The van der Waals surface area contributed by atoms with Gasteiger partial charge in [-0.2, -0.15) is 0 Å². The number of carbonyl (C=O) groups excluding carboxylic acids is 1. The molecule has 1 fully saturated rings. The molecular weight excluding hydrogens is 282 g/mol. The Morgan fingerprint density at radius 1 is 1.38 bits per heavy atom. The third kappa shape index (κ3) is 3.19. The average Bonchev–Trinajstić information content (AvgIpc) is 3.27. The summed E-state index contributed by atoms with van der Waals surface area (Å²) < 4.78 is 0. The standard InChI is InChI=1S/C16H23N3OS/c1-19(2)16(8-9-16)11-17-15(20)18-13-7-10-21-14-6-4-3-5-12(13)14/h3-6,13H,7-11H2,1-2H3,(H2,17,18,20). The minimum Gasteiger partial charge on any atom is -0.336 e. The molecule has 2 aliphatic rings. The van der Waals surface area contributed by atoms with E-state index in [0.29, 0.717) is 0 Å². The lowest BCUT2D eigenvalue weighted by Gasteiger charge is -2.27. The molecule has 0 spiro atoms. The average molecular weight is 305 g/mol. The van der Waals surface area contributed by atoms with E-state index in [1.165, 1.54) is 23.3 Å². The van der Waals surface area contributed by atoms with E-state index in [9.17, 15) is 4.79 Å². The maximum atomic E-state index is 12.2. The molecule has 4 nitrogen and oxygen atoms in total. The van der Waals surface area contributed by atoms with E-state index < -0.39 is 0 Å². The number of carbonyl (C=O) groups is 1. The number of fused-ring (bicyclic) bond motifs is 1. The van der Waals surface area contributed by atoms with Gasteiger partial charge in [0.1, 0.15) is 0 Å². The third-order valence-corrected chi connectivity index (χ3v) is 5.74. The van der Waals surface area contributed by atoms with Crippen LogP contribution in [0.25, 0.3) is 0 Å². The molecule has 1 heterocycles. The van der Waals surface area contributed by atoms with Gasteiger partial charge in [-0.05, 0) is 45.0 Å². The highest BCUT2D eigenvalue weighted by Gasteiger charge is 2.44. The van der Waals surface area contributed by atoms with Crippen LogP contribution in [0.15, 0.2) is 29.2 Å². The van der Waals surface area contributed by atoms with Crippen LogP contribution < -0.4 is 10.6 Å². The molecule has 0 saturated heterocycles. The highest BCUT2D eigenvalue weighted by atomic mass is 32.2. The first-order valence-electron chi connectivity index (χ1n) is 7.54. The smallest absolute Gasteiger partial charge is 0.315 e. The van der Waals surface area contributed by atoms with Crippen molar-refractivity contribution >= 4 is 17.8 Å². The van der Waals surface area contributed by atoms with Gasteiger partial charge in [-0.15, -0.1) is 11.8 Å². The third-order valence-electron chi connectivity index (χ3n) is 4.62. The molecule has 2 N–H and O–H groups in total. The van der Waals surface area contributed by atoms with Gasteiger partial charge in [0.05, 0.1) is 6.04 Å². The monoisotopic (exact) mass is 305 g/mol. The molecule has 2 amide bonds. The van der Waals surface area contributed by atoms with Crippen LogP contribution in [-0.2, 0) is 0 Å². The molecule has 21 heavy (non-hydrogen) atoms. The van der Waals surface area contributed by atoms with Crippen LogP contribution in [-0.4, -0.2) is 42.9 Å². The first kappa shape index (κ1) is 14.7. The minimum atomic E-state index is -0.0465. The topological polar surface area (TPSA) is 44.4 Å². The maximum Gasteiger partial charge on any atom is 0.315 e. The molecule has 1 atom stereocenters. The summed E-state index contributed by atoms with van der Waals surface area (Å²) in [6.07, 6.45) is 3.33. The van der Waals surface area contributed by atoms with Gasteiger partial charge in [-0.25, -0.2) is 4.79 Å². The summed E-state index contributed by atoms with van der Waals surface area (Å²) in [4.78, 5) is 15.7. The van der Waals surface area contributed by atoms with Crippen molar-refractivity contribution in [3.63, 3.8) is 0 Å². The van der Waals surface area contributed by atoms with Crippen molar-refractivity contribution in [2.45, 2.75) is 35.7 Å². The first-order valence-corrected chi connectivity index (χ1v) is 8.53. The van der Waals surface area contributed by atoms with Crippen molar-refractivity contribution in [3.05, 3.63) is 29.8 Å². The molecule has 0 aromatic heterocycles. The van der Waals surface area contributed by atoms with Crippen LogP contribution in [0, 0.1) is 0 Å². The zero-order valence-corrected chi connectivity index (χ0v) is 13.5. The van der Waals surface area contributed by atoms with Crippen LogP contribution in [0.3, 0.4) is 0 Å². The van der Waals surface area contributed by atoms with Crippen LogP contribution >= 0.6 is 11.8 Å². The molecular formula is C16H23N3OS. The Bertz CT molecular complexity index is 528. The highest BCUT2D eigenvalue weighted by Crippen LogP contribution is 2.39. The Balaban J connectivity index is 1.56. The van der Waals surface area contributed by atoms with Gasteiger partial charge in [0, 0.05) is 22.7 Å². The molecule has 114 valence electrons. The molecule has 0 bridgehead atoms. The normalized spacial score (nSPS) is 22.5. The number of rotatable bonds is 4. The van der Waals surface area contributed by atoms with Crippen LogP contribution in [0.4, 0.5) is 4.79 Å². The highest BCUT2D eigenvalue weighted by molar-refractivity contribution is 7.99. The van der Waals surface area contributed by atoms with E-state index in [-0.39, 0.29) is 17.6 Å². The van der Waals surface area contributed by atoms with Gasteiger partial charge < -0.3 is 15.5 Å². The van der Waals surface area contributed by atoms with E-state index in [0.717, 1.165) is 18.7 Å². The number of hydrogen-bond acceptors (Lipinski definition) is 3. The van der Waals surface area contributed by atoms with E-state index in [1.807, 2.05) is 17.8 Å². The predicted octanol–water partition coefficient (Wildman–Crippen LogP) is 2.62. The SMILES string of the molecule is CN(C)C1(CNC(=O)NC2CCSc3ccccc32)CC1. The fraction of sp³-hybridized carbons (Fsp3) is 0.562. The van der Waals surface area contributed by atoms with E-state index in [4.69, 9.17) is 0 Å². The molecule has 5 heteroatoms. The zero-order valence-electron chi connectivity index (χ0n) is 12.7. The lowest BCUT2D eigenvalue weighted by molar-refractivity contribution is 0.223. The van der Waals surface area contributed by atoms with Crippen LogP contribution in [0.2, 0.25) is 0 Å². The molecule has 1 aromatic carbocycles. The summed E-state index contributed by atoms with van der Waals surface area (Å²) in [6, 6.07) is 8.45. The number of benzene rings is 1. The number of nitrogens with zero attached hydrogens (tertiary/aromatic N) is 1. The van der Waals surface area contributed by atoms with Gasteiger partial charge in [-0.3, -0.25) is 0 Å². The van der Waals surface area contributed by atoms with E-state index >= 15 is 0 Å². The van der Waals surface area contributed by atoms with Gasteiger partial charge in [0.2, 0.25) is 0 Å². The van der Waals surface area contributed by atoms with E-state index in [2.05, 4.69) is 47.8 Å². The second kappa shape index (κ2) is 5.89. The summed E-state index contributed by atoms with van der Waals surface area (Å²) in [7, 11) is 4.17. The molecule has 0 radical (unpaired) electrons. The number of thioether (sulfide) groups is 1. The largest absolute Gasteiger partial charge is 0.336 e. The lowest BCUT2D eigenvalue weighted by Crippen LogP contribution is -2.46. The molecule has 1 unspecified atom stereocenters.